The number of hydrogen-bond donors (Lipinski definition) is 2. The van der Waals surface area contributed by atoms with E-state index < -0.39 is 0 Å². The largest absolute Gasteiger partial charge is 0.506 e. The monoisotopic (exact) mass is 248 g/mol. The van der Waals surface area contributed by atoms with E-state index in [-0.39, 0.29) is 5.75 Å². The van der Waals surface area contributed by atoms with E-state index in [0.717, 1.165) is 13.1 Å². The second-order valence-corrected chi connectivity index (χ2v) is 3.85. The van der Waals surface area contributed by atoms with E-state index >= 15 is 0 Å². The molecule has 0 saturated heterocycles. The molecule has 1 aromatic carbocycles. The lowest BCUT2D eigenvalue weighted by Crippen LogP contribution is -2.22. The lowest BCUT2D eigenvalue weighted by Gasteiger charge is -2.14. The average Bonchev–Trinajstić information content (AvgIpc) is 2.84. The summed E-state index contributed by atoms with van der Waals surface area (Å²) in [5, 5.41) is 13.5. The molecule has 6 nitrogen and oxygen atoms in total. The highest BCUT2D eigenvalue weighted by molar-refractivity contribution is 5.64. The maximum atomic E-state index is 9.54. The van der Waals surface area contributed by atoms with Gasteiger partial charge in [-0.1, -0.05) is 0 Å². The summed E-state index contributed by atoms with van der Waals surface area (Å²) in [6.07, 6.45) is 0. The number of nitrogens with two attached hydrogens (primary N) is 1. The number of benzene rings is 1. The van der Waals surface area contributed by atoms with Crippen LogP contribution in [0.25, 0.3) is 11.5 Å². The molecule has 0 aliphatic heterocycles. The molecule has 0 amide bonds. The van der Waals surface area contributed by atoms with Gasteiger partial charge in [0.25, 0.3) is 11.8 Å². The molecular weight excluding hydrogens is 232 g/mol. The lowest BCUT2D eigenvalue weighted by molar-refractivity contribution is 0.428. The van der Waals surface area contributed by atoms with Crippen LogP contribution in [-0.4, -0.2) is 28.3 Å². The van der Waals surface area contributed by atoms with Gasteiger partial charge in [0.05, 0.1) is 5.69 Å². The average molecular weight is 248 g/mol. The van der Waals surface area contributed by atoms with Crippen molar-refractivity contribution >= 4 is 11.6 Å². The first-order valence-electron chi connectivity index (χ1n) is 5.83. The van der Waals surface area contributed by atoms with Gasteiger partial charge in [-0.15, -0.1) is 0 Å². The van der Waals surface area contributed by atoms with Gasteiger partial charge in [0.2, 0.25) is 0 Å². The highest BCUT2D eigenvalue weighted by Gasteiger charge is 2.13. The fourth-order valence-electron chi connectivity index (χ4n) is 1.64. The second-order valence-electron chi connectivity index (χ2n) is 3.85. The molecule has 0 fully saturated rings. The molecule has 0 aliphatic carbocycles. The Labute approximate surface area is 105 Å². The van der Waals surface area contributed by atoms with Crippen LogP contribution in [0.2, 0.25) is 0 Å². The molecule has 1 aromatic heterocycles. The molecular formula is C12H16N4O2. The van der Waals surface area contributed by atoms with Gasteiger partial charge in [0.1, 0.15) is 5.75 Å². The minimum absolute atomic E-state index is 0.00934. The van der Waals surface area contributed by atoms with E-state index in [1.54, 1.807) is 12.1 Å². The van der Waals surface area contributed by atoms with Crippen molar-refractivity contribution in [1.29, 1.82) is 0 Å². The van der Waals surface area contributed by atoms with Gasteiger partial charge < -0.3 is 20.3 Å². The first kappa shape index (κ1) is 12.2. The third-order valence-electron chi connectivity index (χ3n) is 2.74. The Kier molecular flexibility index (Phi) is 3.36. The van der Waals surface area contributed by atoms with Gasteiger partial charge in [-0.2, -0.15) is 4.98 Å². The Morgan fingerprint density at radius 2 is 2.06 bits per heavy atom. The minimum Gasteiger partial charge on any atom is -0.506 e. The Balaban J connectivity index is 2.31. The van der Waals surface area contributed by atoms with Gasteiger partial charge >= 0.3 is 0 Å². The van der Waals surface area contributed by atoms with Crippen LogP contribution in [0.5, 0.6) is 5.75 Å². The van der Waals surface area contributed by atoms with E-state index in [1.165, 1.54) is 6.07 Å². The van der Waals surface area contributed by atoms with Crippen LogP contribution in [0.15, 0.2) is 22.7 Å². The molecule has 0 atom stereocenters. The molecule has 0 spiro atoms. The number of hydrogen-bond acceptors (Lipinski definition) is 6. The van der Waals surface area contributed by atoms with Gasteiger partial charge in [-0.3, -0.25) is 0 Å². The summed E-state index contributed by atoms with van der Waals surface area (Å²) in [4.78, 5) is 6.27. The molecule has 2 aromatic rings. The second kappa shape index (κ2) is 4.95. The summed E-state index contributed by atoms with van der Waals surface area (Å²) in [6.45, 7) is 5.66. The van der Waals surface area contributed by atoms with Crippen molar-refractivity contribution in [3.05, 3.63) is 18.2 Å². The first-order chi connectivity index (χ1) is 8.65. The normalized spacial score (nSPS) is 10.6. The predicted octanol–water partition coefficient (Wildman–Crippen LogP) is 1.87. The van der Waals surface area contributed by atoms with Gasteiger partial charge in [-0.25, -0.2) is 0 Å². The zero-order valence-electron chi connectivity index (χ0n) is 10.4. The topological polar surface area (TPSA) is 88.4 Å². The number of rotatable bonds is 4. The molecule has 2 rings (SSSR count). The van der Waals surface area contributed by atoms with Crippen LogP contribution in [0.4, 0.5) is 11.6 Å². The van der Waals surface area contributed by atoms with Crippen LogP contribution < -0.4 is 10.6 Å². The Morgan fingerprint density at radius 1 is 1.33 bits per heavy atom. The Hall–Kier alpha value is -2.24. The zero-order chi connectivity index (χ0) is 13.1. The summed E-state index contributed by atoms with van der Waals surface area (Å²) in [6, 6.07) is 4.84. The first-order valence-corrected chi connectivity index (χ1v) is 5.83. The molecule has 3 N–H and O–H groups in total. The summed E-state index contributed by atoms with van der Waals surface area (Å²) in [5.74, 6) is 0.925. The molecule has 0 radical (unpaired) electrons. The highest BCUT2D eigenvalue weighted by Crippen LogP contribution is 2.27. The van der Waals surface area contributed by atoms with Crippen LogP contribution in [-0.2, 0) is 0 Å². The van der Waals surface area contributed by atoms with Crippen molar-refractivity contribution in [2.24, 2.45) is 0 Å². The summed E-state index contributed by atoms with van der Waals surface area (Å²) < 4.78 is 5.18. The van der Waals surface area contributed by atoms with Crippen molar-refractivity contribution in [2.75, 3.05) is 23.7 Å². The molecule has 1 heterocycles. The number of phenols is 1. The number of phenolic OH excluding ortho intramolecular Hbond substituents is 1. The van der Waals surface area contributed by atoms with E-state index in [9.17, 15) is 5.11 Å². The molecule has 0 aliphatic rings. The number of aromatic nitrogens is 2. The van der Waals surface area contributed by atoms with Crippen molar-refractivity contribution in [3.8, 4) is 17.2 Å². The predicted molar refractivity (Wildman–Crippen MR) is 69.4 cm³/mol. The highest BCUT2D eigenvalue weighted by atomic mass is 16.5. The van der Waals surface area contributed by atoms with Gasteiger partial charge in [-0.05, 0) is 37.2 Å². The van der Waals surface area contributed by atoms with Crippen LogP contribution in [0.3, 0.4) is 0 Å². The van der Waals surface area contributed by atoms with Gasteiger partial charge in [0, 0.05) is 18.7 Å². The Morgan fingerprint density at radius 3 is 2.67 bits per heavy atom. The SMILES string of the molecule is CCN(CC)c1noc(-c2ccc(N)c(O)c2)n1. The molecule has 0 unspecified atom stereocenters. The van der Waals surface area contributed by atoms with Crippen LogP contribution >= 0.6 is 0 Å². The molecule has 0 bridgehead atoms. The molecule has 0 saturated carbocycles. The Bertz CT molecular complexity index is 535. The number of nitrogens with zero attached hydrogens (tertiary/aromatic N) is 3. The standard InChI is InChI=1S/C12H16N4O2/c1-3-16(4-2)12-14-11(18-15-12)8-5-6-9(13)10(17)7-8/h5-7,17H,3-4,13H2,1-2H3. The molecule has 18 heavy (non-hydrogen) atoms. The van der Waals surface area contributed by atoms with E-state index in [1.807, 2.05) is 18.7 Å². The molecule has 6 heteroatoms. The number of nitrogen functional groups attached to an aromatic ring is 1. The molecule has 96 valence electrons. The zero-order valence-corrected chi connectivity index (χ0v) is 10.4. The van der Waals surface area contributed by atoms with E-state index in [2.05, 4.69) is 10.1 Å². The maximum absolute atomic E-state index is 9.54. The fraction of sp³-hybridized carbons (Fsp3) is 0.333. The van der Waals surface area contributed by atoms with Crippen LogP contribution in [0, 0.1) is 0 Å². The van der Waals surface area contributed by atoms with Gasteiger partial charge in [0.15, 0.2) is 0 Å². The van der Waals surface area contributed by atoms with E-state index in [0.29, 0.717) is 23.1 Å². The third-order valence-corrected chi connectivity index (χ3v) is 2.74. The van der Waals surface area contributed by atoms with Crippen molar-refractivity contribution in [3.63, 3.8) is 0 Å². The summed E-state index contributed by atoms with van der Waals surface area (Å²) >= 11 is 0. The van der Waals surface area contributed by atoms with Crippen LogP contribution in [0.1, 0.15) is 13.8 Å². The fourth-order valence-corrected chi connectivity index (χ4v) is 1.64. The minimum atomic E-state index is 0.00934. The third kappa shape index (κ3) is 2.22. The van der Waals surface area contributed by atoms with Crippen molar-refractivity contribution in [2.45, 2.75) is 13.8 Å². The maximum Gasteiger partial charge on any atom is 0.266 e. The number of aromatic hydroxyl groups is 1. The van der Waals surface area contributed by atoms with Crippen molar-refractivity contribution < 1.29 is 9.63 Å². The summed E-state index contributed by atoms with van der Waals surface area (Å²) in [7, 11) is 0. The lowest BCUT2D eigenvalue weighted by atomic mass is 10.2. The van der Waals surface area contributed by atoms with Crippen molar-refractivity contribution in [1.82, 2.24) is 10.1 Å². The summed E-state index contributed by atoms with van der Waals surface area (Å²) in [5.41, 5.74) is 6.51. The quantitative estimate of drug-likeness (QED) is 0.634. The number of anilines is 2. The smallest absolute Gasteiger partial charge is 0.266 e. The van der Waals surface area contributed by atoms with E-state index in [4.69, 9.17) is 10.3 Å².